The molecule has 0 aliphatic heterocycles. The molecule has 19 heavy (non-hydrogen) atoms. The quantitative estimate of drug-likeness (QED) is 0.852. The average Bonchev–Trinajstić information content (AvgIpc) is 2.95. The summed E-state index contributed by atoms with van der Waals surface area (Å²) in [4.78, 5) is 0. The van der Waals surface area contributed by atoms with Gasteiger partial charge in [0, 0.05) is 24.9 Å². The van der Waals surface area contributed by atoms with Gasteiger partial charge in [0.05, 0.1) is 17.5 Å². The molecule has 5 nitrogen and oxygen atoms in total. The number of rotatable bonds is 6. The largest absolute Gasteiger partial charge is 0.316 e. The zero-order valence-electron chi connectivity index (χ0n) is 11.7. The van der Waals surface area contributed by atoms with E-state index >= 15 is 0 Å². The van der Waals surface area contributed by atoms with Crippen molar-refractivity contribution in [2.24, 2.45) is 0 Å². The minimum atomic E-state index is -2.96. The Balaban J connectivity index is 1.98. The van der Waals surface area contributed by atoms with Crippen LogP contribution in [0.1, 0.15) is 37.4 Å². The summed E-state index contributed by atoms with van der Waals surface area (Å²) in [5.74, 6) is 0.153. The van der Waals surface area contributed by atoms with Crippen molar-refractivity contribution in [3.05, 3.63) is 18.0 Å². The number of hydrogen-bond donors (Lipinski definition) is 1. The minimum absolute atomic E-state index is 0.0677. The smallest absolute Gasteiger partial charge is 0.148 e. The summed E-state index contributed by atoms with van der Waals surface area (Å²) in [7, 11) is -1.17. The average molecular weight is 285 g/mol. The van der Waals surface area contributed by atoms with Crippen LogP contribution in [0.3, 0.4) is 0 Å². The summed E-state index contributed by atoms with van der Waals surface area (Å²) in [5.41, 5.74) is 0.968. The van der Waals surface area contributed by atoms with Crippen LogP contribution in [-0.4, -0.2) is 43.3 Å². The summed E-state index contributed by atoms with van der Waals surface area (Å²) in [6.07, 6.45) is 8.94. The number of nitrogens with zero attached hydrogens (tertiary/aromatic N) is 2. The van der Waals surface area contributed by atoms with Gasteiger partial charge < -0.3 is 5.32 Å². The van der Waals surface area contributed by atoms with E-state index in [1.807, 2.05) is 12.3 Å². The molecule has 1 atom stereocenters. The van der Waals surface area contributed by atoms with Gasteiger partial charge in [-0.1, -0.05) is 12.8 Å². The first kappa shape index (κ1) is 14.5. The van der Waals surface area contributed by atoms with Crippen LogP contribution in [0, 0.1) is 0 Å². The third-order valence-electron chi connectivity index (χ3n) is 3.73. The number of nitrogens with one attached hydrogen (secondary N) is 1. The number of likely N-dealkylation sites (N-methyl/N-ethyl adjacent to an activating group) is 1. The Bertz CT molecular complexity index is 504. The highest BCUT2D eigenvalue weighted by Crippen LogP contribution is 2.28. The van der Waals surface area contributed by atoms with Crippen LogP contribution >= 0.6 is 0 Å². The molecule has 1 fully saturated rings. The first-order valence-corrected chi connectivity index (χ1v) is 8.93. The number of sulfone groups is 1. The fourth-order valence-electron chi connectivity index (χ4n) is 2.72. The predicted octanol–water partition coefficient (Wildman–Crippen LogP) is 1.17. The van der Waals surface area contributed by atoms with Gasteiger partial charge in [0.2, 0.25) is 0 Å². The molecular weight excluding hydrogens is 262 g/mol. The van der Waals surface area contributed by atoms with Gasteiger partial charge in [0.15, 0.2) is 0 Å². The van der Waals surface area contributed by atoms with E-state index in [-0.39, 0.29) is 11.8 Å². The van der Waals surface area contributed by atoms with Gasteiger partial charge in [-0.15, -0.1) is 0 Å². The van der Waals surface area contributed by atoms with Gasteiger partial charge in [-0.25, -0.2) is 8.42 Å². The second kappa shape index (κ2) is 6.05. The molecule has 0 aromatic carbocycles. The molecule has 108 valence electrons. The lowest BCUT2D eigenvalue weighted by atomic mass is 10.2. The standard InChI is InChI=1S/C13H23N3O2S/c1-14-12(10-19(2,17)18)9-11-7-8-16(15-11)13-5-3-4-6-13/h7-8,12-14H,3-6,9-10H2,1-2H3. The molecule has 2 rings (SSSR count). The van der Waals surface area contributed by atoms with E-state index in [4.69, 9.17) is 0 Å². The van der Waals surface area contributed by atoms with E-state index in [9.17, 15) is 8.42 Å². The van der Waals surface area contributed by atoms with Crippen molar-refractivity contribution < 1.29 is 8.42 Å². The van der Waals surface area contributed by atoms with Gasteiger partial charge in [-0.3, -0.25) is 4.68 Å². The summed E-state index contributed by atoms with van der Waals surface area (Å²) in [5, 5.41) is 7.65. The van der Waals surface area contributed by atoms with Gasteiger partial charge in [0.1, 0.15) is 9.84 Å². The lowest BCUT2D eigenvalue weighted by molar-refractivity contribution is 0.459. The fourth-order valence-corrected chi connectivity index (χ4v) is 3.74. The van der Waals surface area contributed by atoms with Crippen LogP contribution in [0.25, 0.3) is 0 Å². The molecule has 0 amide bonds. The molecule has 1 heterocycles. The Labute approximate surface area is 115 Å². The molecular formula is C13H23N3O2S. The van der Waals surface area contributed by atoms with Crippen molar-refractivity contribution >= 4 is 9.84 Å². The molecule has 1 aliphatic rings. The van der Waals surface area contributed by atoms with Crippen molar-refractivity contribution in [3.63, 3.8) is 0 Å². The first-order chi connectivity index (χ1) is 8.98. The summed E-state index contributed by atoms with van der Waals surface area (Å²) in [6.45, 7) is 0. The zero-order chi connectivity index (χ0) is 13.9. The van der Waals surface area contributed by atoms with Crippen molar-refractivity contribution in [1.82, 2.24) is 15.1 Å². The highest BCUT2D eigenvalue weighted by atomic mass is 32.2. The normalized spacial score (nSPS) is 18.8. The highest BCUT2D eigenvalue weighted by molar-refractivity contribution is 7.90. The summed E-state index contributed by atoms with van der Waals surface area (Å²) >= 11 is 0. The van der Waals surface area contributed by atoms with Gasteiger partial charge in [-0.2, -0.15) is 5.10 Å². The second-order valence-electron chi connectivity index (χ2n) is 5.51. The molecule has 1 saturated carbocycles. The van der Waals surface area contributed by atoms with E-state index in [0.717, 1.165) is 5.69 Å². The third kappa shape index (κ3) is 4.31. The van der Waals surface area contributed by atoms with E-state index in [2.05, 4.69) is 15.1 Å². The zero-order valence-corrected chi connectivity index (χ0v) is 12.5. The molecule has 0 spiro atoms. The van der Waals surface area contributed by atoms with Crippen LogP contribution in [0.15, 0.2) is 12.3 Å². The fraction of sp³-hybridized carbons (Fsp3) is 0.769. The maximum Gasteiger partial charge on any atom is 0.148 e. The molecule has 0 bridgehead atoms. The van der Waals surface area contributed by atoms with E-state index in [1.165, 1.54) is 31.9 Å². The minimum Gasteiger partial charge on any atom is -0.316 e. The van der Waals surface area contributed by atoms with Gasteiger partial charge in [-0.05, 0) is 26.0 Å². The van der Waals surface area contributed by atoms with Crippen LogP contribution in [0.4, 0.5) is 0 Å². The van der Waals surface area contributed by atoms with Crippen molar-refractivity contribution in [2.45, 2.75) is 44.2 Å². The molecule has 1 aliphatic carbocycles. The molecule has 0 radical (unpaired) electrons. The molecule has 1 aromatic rings. The lowest BCUT2D eigenvalue weighted by Gasteiger charge is -2.14. The molecule has 1 N–H and O–H groups in total. The van der Waals surface area contributed by atoms with Crippen LogP contribution in [0.2, 0.25) is 0 Å². The molecule has 1 unspecified atom stereocenters. The highest BCUT2D eigenvalue weighted by Gasteiger charge is 2.19. The molecule has 0 saturated heterocycles. The van der Waals surface area contributed by atoms with E-state index < -0.39 is 9.84 Å². The van der Waals surface area contributed by atoms with Crippen LogP contribution in [0.5, 0.6) is 0 Å². The predicted molar refractivity (Wildman–Crippen MR) is 76.0 cm³/mol. The maximum absolute atomic E-state index is 11.3. The van der Waals surface area contributed by atoms with Gasteiger partial charge >= 0.3 is 0 Å². The Morgan fingerprint density at radius 1 is 1.47 bits per heavy atom. The SMILES string of the molecule is CNC(Cc1ccn(C2CCCC2)n1)CS(C)(=O)=O. The third-order valence-corrected chi connectivity index (χ3v) is 4.74. The van der Waals surface area contributed by atoms with Crippen molar-refractivity contribution in [1.29, 1.82) is 0 Å². The van der Waals surface area contributed by atoms with Gasteiger partial charge in [0.25, 0.3) is 0 Å². The topological polar surface area (TPSA) is 64.0 Å². The Hall–Kier alpha value is -0.880. The summed E-state index contributed by atoms with van der Waals surface area (Å²) in [6, 6.07) is 2.48. The summed E-state index contributed by atoms with van der Waals surface area (Å²) < 4.78 is 24.7. The Morgan fingerprint density at radius 3 is 2.74 bits per heavy atom. The molecule has 1 aromatic heterocycles. The lowest BCUT2D eigenvalue weighted by Crippen LogP contribution is -2.34. The van der Waals surface area contributed by atoms with Crippen molar-refractivity contribution in [2.75, 3.05) is 19.1 Å². The molecule has 6 heteroatoms. The maximum atomic E-state index is 11.3. The van der Waals surface area contributed by atoms with E-state index in [1.54, 1.807) is 7.05 Å². The van der Waals surface area contributed by atoms with Crippen LogP contribution < -0.4 is 5.32 Å². The Morgan fingerprint density at radius 2 is 2.16 bits per heavy atom. The monoisotopic (exact) mass is 285 g/mol. The number of aromatic nitrogens is 2. The Kier molecular flexibility index (Phi) is 4.62. The first-order valence-electron chi connectivity index (χ1n) is 6.87. The number of hydrogen-bond acceptors (Lipinski definition) is 4. The van der Waals surface area contributed by atoms with Crippen LogP contribution in [-0.2, 0) is 16.3 Å². The van der Waals surface area contributed by atoms with Crippen molar-refractivity contribution in [3.8, 4) is 0 Å². The second-order valence-corrected chi connectivity index (χ2v) is 7.69. The van der Waals surface area contributed by atoms with E-state index in [0.29, 0.717) is 12.5 Å².